The highest BCUT2D eigenvalue weighted by atomic mass is 32.1. The van der Waals surface area contributed by atoms with Crippen molar-refractivity contribution in [2.75, 3.05) is 38.2 Å². The summed E-state index contributed by atoms with van der Waals surface area (Å²) >= 11 is 1.68. The summed E-state index contributed by atoms with van der Waals surface area (Å²) < 4.78 is 5.20. The van der Waals surface area contributed by atoms with Gasteiger partial charge in [0.15, 0.2) is 0 Å². The van der Waals surface area contributed by atoms with Crippen LogP contribution in [0.4, 0.5) is 5.13 Å². The molecule has 0 saturated carbocycles. The second-order valence-electron chi connectivity index (χ2n) is 6.22. The van der Waals surface area contributed by atoms with E-state index < -0.39 is 0 Å². The third kappa shape index (κ3) is 2.46. The molecule has 1 aromatic heterocycles. The van der Waals surface area contributed by atoms with Gasteiger partial charge in [-0.25, -0.2) is 0 Å². The number of hydrogen-bond acceptors (Lipinski definition) is 6. The molecule has 1 spiro atoms. The van der Waals surface area contributed by atoms with Crippen LogP contribution in [0.5, 0.6) is 5.75 Å². The summed E-state index contributed by atoms with van der Waals surface area (Å²) in [5.41, 5.74) is 1.56. The first kappa shape index (κ1) is 14.0. The molecule has 1 aromatic carbocycles. The predicted molar refractivity (Wildman–Crippen MR) is 88.6 cm³/mol. The standard InChI is InChI=1S/C16H20N4OS/c1-21-13-4-2-12(3-5-13)14-18-19-15(22-14)20-9-7-16(11-20)6-8-17-10-16/h2-5,17H,6-11H2,1H3. The minimum absolute atomic E-state index is 0.464. The number of aromatic nitrogens is 2. The highest BCUT2D eigenvalue weighted by Gasteiger charge is 2.41. The summed E-state index contributed by atoms with van der Waals surface area (Å²) in [7, 11) is 1.68. The van der Waals surface area contributed by atoms with Crippen LogP contribution in [0, 0.1) is 5.41 Å². The molecule has 0 amide bonds. The highest BCUT2D eigenvalue weighted by molar-refractivity contribution is 7.18. The van der Waals surface area contributed by atoms with Crippen LogP contribution >= 0.6 is 11.3 Å². The van der Waals surface area contributed by atoms with Crippen LogP contribution in [0.2, 0.25) is 0 Å². The predicted octanol–water partition coefficient (Wildman–Crippen LogP) is 2.40. The molecule has 22 heavy (non-hydrogen) atoms. The zero-order valence-corrected chi connectivity index (χ0v) is 13.5. The smallest absolute Gasteiger partial charge is 0.208 e. The normalized spacial score (nSPS) is 24.3. The van der Waals surface area contributed by atoms with E-state index in [0.29, 0.717) is 5.41 Å². The fraction of sp³-hybridized carbons (Fsp3) is 0.500. The van der Waals surface area contributed by atoms with Crippen molar-refractivity contribution < 1.29 is 4.74 Å². The Balaban J connectivity index is 1.51. The lowest BCUT2D eigenvalue weighted by Crippen LogP contribution is -2.29. The minimum atomic E-state index is 0.464. The van der Waals surface area contributed by atoms with Crippen LogP contribution in [0.15, 0.2) is 24.3 Å². The van der Waals surface area contributed by atoms with E-state index in [4.69, 9.17) is 4.74 Å². The van der Waals surface area contributed by atoms with Crippen LogP contribution < -0.4 is 15.0 Å². The van der Waals surface area contributed by atoms with E-state index in [2.05, 4.69) is 20.4 Å². The Bertz CT molecular complexity index is 648. The van der Waals surface area contributed by atoms with Crippen molar-refractivity contribution in [1.29, 1.82) is 0 Å². The number of ether oxygens (including phenoxy) is 1. The maximum absolute atomic E-state index is 5.20. The Morgan fingerprint density at radius 1 is 1.23 bits per heavy atom. The molecule has 2 saturated heterocycles. The number of methoxy groups -OCH3 is 1. The summed E-state index contributed by atoms with van der Waals surface area (Å²) in [6.45, 7) is 4.50. The molecule has 116 valence electrons. The quantitative estimate of drug-likeness (QED) is 0.942. The van der Waals surface area contributed by atoms with Crippen molar-refractivity contribution >= 4 is 16.5 Å². The fourth-order valence-corrected chi connectivity index (χ4v) is 4.31. The zero-order valence-electron chi connectivity index (χ0n) is 12.7. The fourth-order valence-electron chi connectivity index (χ4n) is 3.44. The van der Waals surface area contributed by atoms with Gasteiger partial charge in [-0.1, -0.05) is 11.3 Å². The zero-order chi connectivity index (χ0) is 15.0. The van der Waals surface area contributed by atoms with Crippen LogP contribution in [-0.2, 0) is 0 Å². The van der Waals surface area contributed by atoms with E-state index in [0.717, 1.165) is 47.6 Å². The lowest BCUT2D eigenvalue weighted by atomic mass is 9.87. The van der Waals surface area contributed by atoms with Gasteiger partial charge in [-0.05, 0) is 43.7 Å². The van der Waals surface area contributed by atoms with Gasteiger partial charge in [-0.2, -0.15) is 0 Å². The molecule has 2 aliphatic rings. The van der Waals surface area contributed by atoms with Gasteiger partial charge in [0.05, 0.1) is 7.11 Å². The van der Waals surface area contributed by atoms with Gasteiger partial charge in [0.1, 0.15) is 10.8 Å². The van der Waals surface area contributed by atoms with E-state index in [9.17, 15) is 0 Å². The number of hydrogen-bond donors (Lipinski definition) is 1. The molecule has 1 N–H and O–H groups in total. The van der Waals surface area contributed by atoms with Crippen molar-refractivity contribution in [3.8, 4) is 16.3 Å². The molecular weight excluding hydrogens is 296 g/mol. The third-order valence-corrected chi connectivity index (χ3v) is 5.83. The van der Waals surface area contributed by atoms with Gasteiger partial charge in [-0.3, -0.25) is 0 Å². The molecule has 2 fully saturated rings. The van der Waals surface area contributed by atoms with Crippen LogP contribution in [0.1, 0.15) is 12.8 Å². The average Bonchev–Trinajstić information content (AvgIpc) is 3.29. The number of nitrogens with one attached hydrogen (secondary N) is 1. The summed E-state index contributed by atoms with van der Waals surface area (Å²) in [4.78, 5) is 2.40. The summed E-state index contributed by atoms with van der Waals surface area (Å²) in [6, 6.07) is 8.00. The van der Waals surface area contributed by atoms with E-state index in [-0.39, 0.29) is 0 Å². The van der Waals surface area contributed by atoms with Gasteiger partial charge < -0.3 is 15.0 Å². The number of rotatable bonds is 3. The maximum atomic E-state index is 5.20. The Morgan fingerprint density at radius 2 is 2.09 bits per heavy atom. The first-order chi connectivity index (χ1) is 10.8. The minimum Gasteiger partial charge on any atom is -0.497 e. The van der Waals surface area contributed by atoms with Crippen molar-refractivity contribution in [3.05, 3.63) is 24.3 Å². The number of anilines is 1. The second kappa shape index (κ2) is 5.52. The molecule has 6 heteroatoms. The molecule has 0 radical (unpaired) electrons. The monoisotopic (exact) mass is 316 g/mol. The average molecular weight is 316 g/mol. The van der Waals surface area contributed by atoms with Gasteiger partial charge in [0, 0.05) is 30.6 Å². The number of benzene rings is 1. The van der Waals surface area contributed by atoms with Crippen LogP contribution in [0.3, 0.4) is 0 Å². The molecule has 0 bridgehead atoms. The van der Waals surface area contributed by atoms with Crippen molar-refractivity contribution in [1.82, 2.24) is 15.5 Å². The Kier molecular flexibility index (Phi) is 3.50. The van der Waals surface area contributed by atoms with E-state index in [1.54, 1.807) is 18.4 Å². The van der Waals surface area contributed by atoms with Crippen molar-refractivity contribution in [2.45, 2.75) is 12.8 Å². The molecule has 5 nitrogen and oxygen atoms in total. The first-order valence-corrected chi connectivity index (χ1v) is 8.53. The molecule has 4 rings (SSSR count). The summed E-state index contributed by atoms with van der Waals surface area (Å²) in [6.07, 6.45) is 2.55. The first-order valence-electron chi connectivity index (χ1n) is 7.72. The van der Waals surface area contributed by atoms with Crippen molar-refractivity contribution in [2.24, 2.45) is 5.41 Å². The third-order valence-electron chi connectivity index (χ3n) is 4.79. The molecule has 2 aromatic rings. The Morgan fingerprint density at radius 3 is 2.82 bits per heavy atom. The topological polar surface area (TPSA) is 50.3 Å². The lowest BCUT2D eigenvalue weighted by Gasteiger charge is -2.21. The van der Waals surface area contributed by atoms with Crippen molar-refractivity contribution in [3.63, 3.8) is 0 Å². The maximum Gasteiger partial charge on any atom is 0.208 e. The van der Waals surface area contributed by atoms with E-state index >= 15 is 0 Å². The summed E-state index contributed by atoms with van der Waals surface area (Å²) in [5, 5.41) is 14.3. The Labute approximate surface area is 134 Å². The largest absolute Gasteiger partial charge is 0.497 e. The molecule has 3 heterocycles. The SMILES string of the molecule is COc1ccc(-c2nnc(N3CCC4(CCNC4)C3)s2)cc1. The Hall–Kier alpha value is -1.66. The van der Waals surface area contributed by atoms with E-state index in [1.165, 1.54) is 12.8 Å². The molecule has 2 aliphatic heterocycles. The molecule has 1 unspecified atom stereocenters. The molecular formula is C16H20N4OS. The molecule has 0 aliphatic carbocycles. The van der Waals surface area contributed by atoms with Gasteiger partial charge >= 0.3 is 0 Å². The van der Waals surface area contributed by atoms with E-state index in [1.807, 2.05) is 24.3 Å². The highest BCUT2D eigenvalue weighted by Crippen LogP contribution is 2.40. The van der Waals surface area contributed by atoms with Crippen LogP contribution in [0.25, 0.3) is 10.6 Å². The second-order valence-corrected chi connectivity index (χ2v) is 7.17. The number of nitrogens with zero attached hydrogens (tertiary/aromatic N) is 3. The molecule has 1 atom stereocenters. The van der Waals surface area contributed by atoms with Gasteiger partial charge in [0.2, 0.25) is 5.13 Å². The van der Waals surface area contributed by atoms with Crippen LogP contribution in [-0.4, -0.2) is 43.5 Å². The van der Waals surface area contributed by atoms with Gasteiger partial charge in [0.25, 0.3) is 0 Å². The lowest BCUT2D eigenvalue weighted by molar-refractivity contribution is 0.369. The summed E-state index contributed by atoms with van der Waals surface area (Å²) in [5.74, 6) is 0.865. The van der Waals surface area contributed by atoms with Gasteiger partial charge in [-0.15, -0.1) is 10.2 Å².